The summed E-state index contributed by atoms with van der Waals surface area (Å²) in [5, 5.41) is 3.11. The summed E-state index contributed by atoms with van der Waals surface area (Å²) < 4.78 is 5.85. The van der Waals surface area contributed by atoms with Crippen LogP contribution in [0.1, 0.15) is 39.8 Å². The molecule has 1 saturated carbocycles. The number of rotatable bonds is 6. The molecule has 1 aliphatic carbocycles. The number of aromatic nitrogens is 2. The summed E-state index contributed by atoms with van der Waals surface area (Å²) in [5.74, 6) is 0.310. The highest BCUT2D eigenvalue weighted by Crippen LogP contribution is 2.68. The van der Waals surface area contributed by atoms with Crippen molar-refractivity contribution >= 4 is 5.91 Å². The van der Waals surface area contributed by atoms with Gasteiger partial charge >= 0.3 is 0 Å². The maximum Gasteiger partial charge on any atom is 0.224 e. The van der Waals surface area contributed by atoms with Crippen molar-refractivity contribution in [2.24, 2.45) is 16.7 Å². The van der Waals surface area contributed by atoms with E-state index in [-0.39, 0.29) is 28.8 Å². The standard InChI is InChI=1S/C18H30N4O2/c1-17(2)15(18(17,3)4)16(23)20-6-5-14-11-22(7-8-24-14)10-13-9-19-12-21-13/h9,12,14-15H,5-8,10-11H2,1-4H3,(H,19,21)(H,20,23). The number of ether oxygens (including phenoxy) is 1. The molecule has 0 spiro atoms. The molecule has 2 N–H and O–H groups in total. The molecule has 134 valence electrons. The lowest BCUT2D eigenvalue weighted by Gasteiger charge is -2.32. The summed E-state index contributed by atoms with van der Waals surface area (Å²) in [6.45, 7) is 12.8. The number of imidazole rings is 1. The van der Waals surface area contributed by atoms with Gasteiger partial charge in [-0.2, -0.15) is 0 Å². The fraction of sp³-hybridized carbons (Fsp3) is 0.778. The van der Waals surface area contributed by atoms with Crippen LogP contribution in [0.25, 0.3) is 0 Å². The molecule has 0 aromatic carbocycles. The van der Waals surface area contributed by atoms with Crippen LogP contribution < -0.4 is 5.32 Å². The van der Waals surface area contributed by atoms with Gasteiger partial charge < -0.3 is 15.0 Å². The maximum atomic E-state index is 12.4. The Balaban J connectivity index is 1.40. The fourth-order valence-corrected chi connectivity index (χ4v) is 4.02. The van der Waals surface area contributed by atoms with Crippen LogP contribution in [0.2, 0.25) is 0 Å². The molecule has 6 nitrogen and oxygen atoms in total. The zero-order valence-corrected chi connectivity index (χ0v) is 15.3. The highest BCUT2D eigenvalue weighted by Gasteiger charge is 2.68. The van der Waals surface area contributed by atoms with Crippen LogP contribution in [-0.4, -0.2) is 53.1 Å². The number of morpholine rings is 1. The highest BCUT2D eigenvalue weighted by atomic mass is 16.5. The van der Waals surface area contributed by atoms with Crippen molar-refractivity contribution in [2.75, 3.05) is 26.2 Å². The van der Waals surface area contributed by atoms with E-state index in [1.165, 1.54) is 0 Å². The number of aromatic amines is 1. The van der Waals surface area contributed by atoms with Crippen molar-refractivity contribution in [2.45, 2.75) is 46.8 Å². The van der Waals surface area contributed by atoms with Gasteiger partial charge in [0.1, 0.15) is 0 Å². The molecular formula is C18H30N4O2. The first-order chi connectivity index (χ1) is 11.3. The normalized spacial score (nSPS) is 26.2. The van der Waals surface area contributed by atoms with E-state index in [9.17, 15) is 4.79 Å². The van der Waals surface area contributed by atoms with Crippen LogP contribution in [0, 0.1) is 16.7 Å². The van der Waals surface area contributed by atoms with E-state index < -0.39 is 0 Å². The molecule has 1 aromatic rings. The van der Waals surface area contributed by atoms with Crippen molar-refractivity contribution in [3.05, 3.63) is 18.2 Å². The van der Waals surface area contributed by atoms with Crippen molar-refractivity contribution < 1.29 is 9.53 Å². The molecule has 2 aliphatic rings. The molecule has 1 unspecified atom stereocenters. The SMILES string of the molecule is CC1(C)C(C(=O)NCCC2CN(Cc3cnc[nH]3)CCO2)C1(C)C. The third kappa shape index (κ3) is 3.35. The minimum absolute atomic E-state index is 0.0965. The van der Waals surface area contributed by atoms with Crippen molar-refractivity contribution in [1.82, 2.24) is 20.2 Å². The molecule has 1 saturated heterocycles. The Morgan fingerprint density at radius 2 is 2.17 bits per heavy atom. The smallest absolute Gasteiger partial charge is 0.224 e. The van der Waals surface area contributed by atoms with Gasteiger partial charge in [0.25, 0.3) is 0 Å². The van der Waals surface area contributed by atoms with Gasteiger partial charge in [0.05, 0.1) is 19.0 Å². The molecule has 24 heavy (non-hydrogen) atoms. The van der Waals surface area contributed by atoms with Crippen LogP contribution in [0.4, 0.5) is 0 Å². The number of carbonyl (C=O) groups excluding carboxylic acids is 1. The molecule has 3 rings (SSSR count). The van der Waals surface area contributed by atoms with E-state index in [0.717, 1.165) is 38.4 Å². The first-order valence-corrected chi connectivity index (χ1v) is 8.91. The topological polar surface area (TPSA) is 70.2 Å². The predicted molar refractivity (Wildman–Crippen MR) is 92.3 cm³/mol. The Morgan fingerprint density at radius 1 is 1.42 bits per heavy atom. The average Bonchev–Trinajstić information content (AvgIpc) is 2.86. The fourth-order valence-electron chi connectivity index (χ4n) is 4.02. The van der Waals surface area contributed by atoms with Gasteiger partial charge in [-0.25, -0.2) is 4.98 Å². The second-order valence-electron chi connectivity index (χ2n) is 8.26. The number of hydrogen-bond acceptors (Lipinski definition) is 4. The van der Waals surface area contributed by atoms with E-state index in [2.05, 4.69) is 47.9 Å². The Kier molecular flexibility index (Phi) is 4.71. The summed E-state index contributed by atoms with van der Waals surface area (Å²) in [6.07, 6.45) is 4.62. The molecule has 6 heteroatoms. The zero-order valence-electron chi connectivity index (χ0n) is 15.3. The number of nitrogens with zero attached hydrogens (tertiary/aromatic N) is 2. The van der Waals surface area contributed by atoms with E-state index in [0.29, 0.717) is 6.54 Å². The highest BCUT2D eigenvalue weighted by molar-refractivity contribution is 5.84. The molecule has 0 radical (unpaired) electrons. The number of H-pyrrole nitrogens is 1. The molecule has 1 aliphatic heterocycles. The van der Waals surface area contributed by atoms with Crippen LogP contribution in [0.3, 0.4) is 0 Å². The quantitative estimate of drug-likeness (QED) is 0.832. The van der Waals surface area contributed by atoms with Crippen LogP contribution in [0.15, 0.2) is 12.5 Å². The van der Waals surface area contributed by atoms with Crippen molar-refractivity contribution in [3.63, 3.8) is 0 Å². The number of amides is 1. The maximum absolute atomic E-state index is 12.4. The van der Waals surface area contributed by atoms with Crippen LogP contribution in [0.5, 0.6) is 0 Å². The zero-order chi connectivity index (χ0) is 17.4. The summed E-state index contributed by atoms with van der Waals surface area (Å²) in [7, 11) is 0. The van der Waals surface area contributed by atoms with E-state index in [1.54, 1.807) is 6.33 Å². The van der Waals surface area contributed by atoms with E-state index in [1.807, 2.05) is 6.20 Å². The van der Waals surface area contributed by atoms with E-state index in [4.69, 9.17) is 4.74 Å². The Hall–Kier alpha value is -1.40. The second-order valence-corrected chi connectivity index (χ2v) is 8.26. The number of hydrogen-bond donors (Lipinski definition) is 2. The van der Waals surface area contributed by atoms with Gasteiger partial charge in [0.2, 0.25) is 5.91 Å². The van der Waals surface area contributed by atoms with Gasteiger partial charge in [-0.3, -0.25) is 9.69 Å². The molecule has 1 atom stereocenters. The molecule has 2 fully saturated rings. The van der Waals surface area contributed by atoms with Gasteiger partial charge in [-0.15, -0.1) is 0 Å². The van der Waals surface area contributed by atoms with Gasteiger partial charge in [-0.05, 0) is 17.3 Å². The van der Waals surface area contributed by atoms with Crippen LogP contribution >= 0.6 is 0 Å². The average molecular weight is 334 g/mol. The third-order valence-electron chi connectivity index (χ3n) is 6.22. The van der Waals surface area contributed by atoms with Gasteiger partial charge in [0.15, 0.2) is 0 Å². The molecule has 2 heterocycles. The largest absolute Gasteiger partial charge is 0.375 e. The molecule has 0 bridgehead atoms. The summed E-state index contributed by atoms with van der Waals surface area (Å²) in [6, 6.07) is 0. The number of nitrogens with one attached hydrogen (secondary N) is 2. The lowest BCUT2D eigenvalue weighted by Crippen LogP contribution is -2.43. The first-order valence-electron chi connectivity index (χ1n) is 8.91. The lowest BCUT2D eigenvalue weighted by molar-refractivity contribution is -0.123. The first kappa shape index (κ1) is 17.4. The minimum Gasteiger partial charge on any atom is -0.375 e. The van der Waals surface area contributed by atoms with Crippen molar-refractivity contribution in [3.8, 4) is 0 Å². The van der Waals surface area contributed by atoms with Crippen molar-refractivity contribution in [1.29, 1.82) is 0 Å². The second kappa shape index (κ2) is 6.48. The Bertz CT molecular complexity index is 554. The minimum atomic E-state index is 0.0965. The predicted octanol–water partition coefficient (Wildman–Crippen LogP) is 1.80. The van der Waals surface area contributed by atoms with Gasteiger partial charge in [0, 0.05) is 44.0 Å². The van der Waals surface area contributed by atoms with E-state index >= 15 is 0 Å². The summed E-state index contributed by atoms with van der Waals surface area (Å²) in [4.78, 5) is 22.0. The monoisotopic (exact) mass is 334 g/mol. The van der Waals surface area contributed by atoms with Crippen LogP contribution in [-0.2, 0) is 16.1 Å². The molecule has 1 amide bonds. The molecular weight excluding hydrogens is 304 g/mol. The Morgan fingerprint density at radius 3 is 2.79 bits per heavy atom. The number of carbonyl (C=O) groups is 1. The Labute approximate surface area is 144 Å². The third-order valence-corrected chi connectivity index (χ3v) is 6.22. The summed E-state index contributed by atoms with van der Waals surface area (Å²) in [5.41, 5.74) is 1.32. The lowest BCUT2D eigenvalue weighted by atomic mass is 10.0. The summed E-state index contributed by atoms with van der Waals surface area (Å²) >= 11 is 0. The molecule has 1 aromatic heterocycles. The van der Waals surface area contributed by atoms with Gasteiger partial charge in [-0.1, -0.05) is 27.7 Å².